The molecule has 4 N–H and O–H groups in total. The Hall–Kier alpha value is -2.56. The van der Waals surface area contributed by atoms with Gasteiger partial charge in [-0.25, -0.2) is 9.18 Å². The van der Waals surface area contributed by atoms with Gasteiger partial charge < -0.3 is 16.2 Å². The monoisotopic (exact) mass is 246 g/mol. The van der Waals surface area contributed by atoms with E-state index < -0.39 is 5.97 Å². The van der Waals surface area contributed by atoms with Crippen molar-refractivity contribution >= 4 is 23.0 Å². The number of carboxylic acid groups (broad SMARTS) is 1. The van der Waals surface area contributed by atoms with Crippen molar-refractivity contribution in [3.05, 3.63) is 53.8 Å². The van der Waals surface area contributed by atoms with E-state index in [1.54, 1.807) is 12.1 Å². The smallest absolute Gasteiger partial charge is 0.335 e. The standard InChI is InChI=1S/C13H11FN2O2/c14-9-2-1-3-10(7-9)16-12-6-8(13(17)18)4-5-11(12)15/h1-7,16H,15H2,(H,17,18). The van der Waals surface area contributed by atoms with Crippen molar-refractivity contribution in [2.45, 2.75) is 0 Å². The van der Waals surface area contributed by atoms with Gasteiger partial charge in [-0.15, -0.1) is 0 Å². The van der Waals surface area contributed by atoms with Gasteiger partial charge in [-0.2, -0.15) is 0 Å². The summed E-state index contributed by atoms with van der Waals surface area (Å²) in [6, 6.07) is 10.1. The summed E-state index contributed by atoms with van der Waals surface area (Å²) >= 11 is 0. The number of rotatable bonds is 3. The summed E-state index contributed by atoms with van der Waals surface area (Å²) in [4.78, 5) is 10.8. The first-order valence-electron chi connectivity index (χ1n) is 5.21. The second kappa shape index (κ2) is 4.75. The van der Waals surface area contributed by atoms with E-state index in [1.807, 2.05) is 0 Å². The van der Waals surface area contributed by atoms with Gasteiger partial charge in [0.25, 0.3) is 0 Å². The molecule has 4 nitrogen and oxygen atoms in total. The lowest BCUT2D eigenvalue weighted by atomic mass is 10.1. The topological polar surface area (TPSA) is 75.4 Å². The van der Waals surface area contributed by atoms with Crippen molar-refractivity contribution < 1.29 is 14.3 Å². The summed E-state index contributed by atoms with van der Waals surface area (Å²) in [6.07, 6.45) is 0. The number of nitrogens with two attached hydrogens (primary N) is 1. The normalized spacial score (nSPS) is 10.1. The molecule has 5 heteroatoms. The van der Waals surface area contributed by atoms with Gasteiger partial charge in [0.15, 0.2) is 0 Å². The fourth-order valence-corrected chi connectivity index (χ4v) is 1.52. The molecule has 0 saturated carbocycles. The molecule has 0 aliphatic heterocycles. The third-order valence-electron chi connectivity index (χ3n) is 2.40. The number of nitrogens with one attached hydrogen (secondary N) is 1. The zero-order valence-electron chi connectivity index (χ0n) is 9.35. The van der Waals surface area contributed by atoms with E-state index in [-0.39, 0.29) is 11.4 Å². The predicted molar refractivity (Wildman–Crippen MR) is 67.5 cm³/mol. The van der Waals surface area contributed by atoms with Crippen molar-refractivity contribution in [3.8, 4) is 0 Å². The van der Waals surface area contributed by atoms with Crippen LogP contribution in [0.2, 0.25) is 0 Å². The first kappa shape index (κ1) is 11.9. The Kier molecular flexibility index (Phi) is 3.14. The molecule has 92 valence electrons. The third kappa shape index (κ3) is 2.57. The zero-order valence-corrected chi connectivity index (χ0v) is 9.35. The highest BCUT2D eigenvalue weighted by Gasteiger charge is 2.07. The molecule has 0 radical (unpaired) electrons. The van der Waals surface area contributed by atoms with Crippen LogP contribution in [0.1, 0.15) is 10.4 Å². The number of aromatic carboxylic acids is 1. The van der Waals surface area contributed by atoms with E-state index in [9.17, 15) is 9.18 Å². The summed E-state index contributed by atoms with van der Waals surface area (Å²) < 4.78 is 13.0. The Bertz CT molecular complexity index is 599. The minimum atomic E-state index is -1.04. The number of benzene rings is 2. The van der Waals surface area contributed by atoms with E-state index in [0.717, 1.165) is 0 Å². The van der Waals surface area contributed by atoms with E-state index in [1.165, 1.54) is 30.3 Å². The number of halogens is 1. The lowest BCUT2D eigenvalue weighted by Crippen LogP contribution is -2.01. The van der Waals surface area contributed by atoms with Crippen molar-refractivity contribution in [2.24, 2.45) is 0 Å². The molecule has 0 heterocycles. The van der Waals surface area contributed by atoms with Gasteiger partial charge >= 0.3 is 5.97 Å². The molecule has 2 rings (SSSR count). The number of anilines is 3. The van der Waals surface area contributed by atoms with Crippen LogP contribution in [0.25, 0.3) is 0 Å². The fourth-order valence-electron chi connectivity index (χ4n) is 1.52. The first-order chi connectivity index (χ1) is 8.56. The molecule has 2 aromatic carbocycles. The number of hydrogen-bond acceptors (Lipinski definition) is 3. The Morgan fingerprint density at radius 3 is 2.67 bits per heavy atom. The molecule has 0 aliphatic carbocycles. The summed E-state index contributed by atoms with van der Waals surface area (Å²) in [5.41, 5.74) is 7.17. The third-order valence-corrected chi connectivity index (χ3v) is 2.40. The number of hydrogen-bond donors (Lipinski definition) is 3. The Balaban J connectivity index is 2.33. The summed E-state index contributed by atoms with van der Waals surface area (Å²) in [5, 5.41) is 11.8. The van der Waals surface area contributed by atoms with Gasteiger partial charge in [0.2, 0.25) is 0 Å². The molecular weight excluding hydrogens is 235 g/mol. The molecule has 0 saturated heterocycles. The Morgan fingerprint density at radius 1 is 1.22 bits per heavy atom. The maximum Gasteiger partial charge on any atom is 0.335 e. The van der Waals surface area contributed by atoms with Crippen molar-refractivity contribution in [1.29, 1.82) is 0 Å². The van der Waals surface area contributed by atoms with Crippen LogP contribution in [0.5, 0.6) is 0 Å². The number of carbonyl (C=O) groups is 1. The zero-order chi connectivity index (χ0) is 13.1. The SMILES string of the molecule is Nc1ccc(C(=O)O)cc1Nc1cccc(F)c1. The molecule has 2 aromatic rings. The molecule has 0 aromatic heterocycles. The van der Waals surface area contributed by atoms with Crippen LogP contribution in [-0.2, 0) is 0 Å². The van der Waals surface area contributed by atoms with Crippen LogP contribution in [0.3, 0.4) is 0 Å². The second-order valence-electron chi connectivity index (χ2n) is 3.74. The lowest BCUT2D eigenvalue weighted by Gasteiger charge is -2.10. The largest absolute Gasteiger partial charge is 0.478 e. The van der Waals surface area contributed by atoms with Gasteiger partial charge in [-0.05, 0) is 36.4 Å². The highest BCUT2D eigenvalue weighted by atomic mass is 19.1. The average Bonchev–Trinajstić information content (AvgIpc) is 2.31. The van der Waals surface area contributed by atoms with Crippen LogP contribution in [0.15, 0.2) is 42.5 Å². The molecule has 0 atom stereocenters. The highest BCUT2D eigenvalue weighted by molar-refractivity contribution is 5.91. The molecule has 0 spiro atoms. The molecule has 0 unspecified atom stereocenters. The average molecular weight is 246 g/mol. The van der Waals surface area contributed by atoms with Crippen LogP contribution in [0, 0.1) is 5.82 Å². The van der Waals surface area contributed by atoms with Crippen LogP contribution < -0.4 is 11.1 Å². The van der Waals surface area contributed by atoms with Crippen LogP contribution in [-0.4, -0.2) is 11.1 Å². The molecule has 0 fully saturated rings. The fraction of sp³-hybridized carbons (Fsp3) is 0. The van der Waals surface area contributed by atoms with E-state index >= 15 is 0 Å². The number of carboxylic acids is 1. The summed E-state index contributed by atoms with van der Waals surface area (Å²) in [6.45, 7) is 0. The summed E-state index contributed by atoms with van der Waals surface area (Å²) in [5.74, 6) is -1.43. The molecule has 0 amide bonds. The number of nitrogen functional groups attached to an aromatic ring is 1. The summed E-state index contributed by atoms with van der Waals surface area (Å²) in [7, 11) is 0. The lowest BCUT2D eigenvalue weighted by molar-refractivity contribution is 0.0697. The van der Waals surface area contributed by atoms with Gasteiger partial charge in [-0.1, -0.05) is 6.07 Å². The predicted octanol–water partition coefficient (Wildman–Crippen LogP) is 2.85. The van der Waals surface area contributed by atoms with Gasteiger partial charge in [0.05, 0.1) is 16.9 Å². The Morgan fingerprint density at radius 2 is 2.00 bits per heavy atom. The minimum absolute atomic E-state index is 0.114. The quantitative estimate of drug-likeness (QED) is 0.728. The molecule has 18 heavy (non-hydrogen) atoms. The van der Waals surface area contributed by atoms with Crippen LogP contribution >= 0.6 is 0 Å². The maximum absolute atomic E-state index is 13.0. The molecule has 0 bridgehead atoms. The van der Waals surface area contributed by atoms with Crippen molar-refractivity contribution in [1.82, 2.24) is 0 Å². The second-order valence-corrected chi connectivity index (χ2v) is 3.74. The van der Waals surface area contributed by atoms with Gasteiger partial charge in [-0.3, -0.25) is 0 Å². The Labute approximate surface area is 103 Å². The van der Waals surface area contributed by atoms with E-state index in [4.69, 9.17) is 10.8 Å². The molecule has 0 aliphatic rings. The van der Waals surface area contributed by atoms with Crippen LogP contribution in [0.4, 0.5) is 21.5 Å². The maximum atomic E-state index is 13.0. The molecular formula is C13H11FN2O2. The van der Waals surface area contributed by atoms with Crippen molar-refractivity contribution in [2.75, 3.05) is 11.1 Å². The van der Waals surface area contributed by atoms with Crippen molar-refractivity contribution in [3.63, 3.8) is 0 Å². The van der Waals surface area contributed by atoms with E-state index in [2.05, 4.69) is 5.32 Å². The van der Waals surface area contributed by atoms with Gasteiger partial charge in [0, 0.05) is 5.69 Å². The minimum Gasteiger partial charge on any atom is -0.478 e. The van der Waals surface area contributed by atoms with Gasteiger partial charge in [0.1, 0.15) is 5.82 Å². The first-order valence-corrected chi connectivity index (χ1v) is 5.21. The van der Waals surface area contributed by atoms with E-state index in [0.29, 0.717) is 17.1 Å². The highest BCUT2D eigenvalue weighted by Crippen LogP contribution is 2.24.